The van der Waals surface area contributed by atoms with Crippen molar-refractivity contribution in [3.05, 3.63) is 48.0 Å². The number of methoxy groups -OCH3 is 1. The van der Waals surface area contributed by atoms with Crippen molar-refractivity contribution in [2.75, 3.05) is 25.6 Å². The molecule has 0 saturated carbocycles. The van der Waals surface area contributed by atoms with Gasteiger partial charge in [-0.2, -0.15) is 5.10 Å². The van der Waals surface area contributed by atoms with E-state index in [9.17, 15) is 4.79 Å². The van der Waals surface area contributed by atoms with Crippen LogP contribution < -0.4 is 20.2 Å². The molecule has 146 valence electrons. The topological polar surface area (TPSA) is 84.8 Å². The lowest BCUT2D eigenvalue weighted by atomic mass is 10.2. The fourth-order valence-electron chi connectivity index (χ4n) is 2.42. The summed E-state index contributed by atoms with van der Waals surface area (Å²) in [6, 6.07) is 13.3. The van der Waals surface area contributed by atoms with Crippen molar-refractivity contribution in [3.8, 4) is 11.5 Å². The van der Waals surface area contributed by atoms with Crippen LogP contribution in [0.3, 0.4) is 0 Å². The number of hydrogen-bond acceptors (Lipinski definition) is 7. The Hall–Kier alpha value is -3.13. The monoisotopic (exact) mass is 398 g/mol. The molecule has 0 aliphatic heterocycles. The highest BCUT2D eigenvalue weighted by Gasteiger charge is 2.06. The number of fused-ring (bicyclic) bond motifs is 1. The summed E-state index contributed by atoms with van der Waals surface area (Å²) in [7, 11) is 1.60. The lowest BCUT2D eigenvalue weighted by Crippen LogP contribution is -2.25. The number of ether oxygens (including phenoxy) is 2. The van der Waals surface area contributed by atoms with Crippen LogP contribution in [0.15, 0.2) is 47.6 Å². The van der Waals surface area contributed by atoms with Gasteiger partial charge in [0.1, 0.15) is 0 Å². The summed E-state index contributed by atoms with van der Waals surface area (Å²) in [6.07, 6.45) is 2.47. The second kappa shape index (κ2) is 9.70. The quantitative estimate of drug-likeness (QED) is 0.424. The number of carbonyl (C=O) groups excluding carboxylic acids is 1. The van der Waals surface area contributed by atoms with Gasteiger partial charge in [-0.15, -0.1) is 0 Å². The van der Waals surface area contributed by atoms with E-state index in [2.05, 4.69) is 20.8 Å². The molecule has 0 spiro atoms. The van der Waals surface area contributed by atoms with Crippen LogP contribution in [0.2, 0.25) is 0 Å². The number of anilines is 1. The number of para-hydroxylation sites is 1. The van der Waals surface area contributed by atoms with Crippen LogP contribution in [0.25, 0.3) is 10.2 Å². The van der Waals surface area contributed by atoms with Gasteiger partial charge in [-0.05, 0) is 42.3 Å². The summed E-state index contributed by atoms with van der Waals surface area (Å²) in [4.78, 5) is 16.4. The normalized spacial score (nSPS) is 10.9. The van der Waals surface area contributed by atoms with Crippen molar-refractivity contribution in [2.24, 2.45) is 5.10 Å². The Morgan fingerprint density at radius 3 is 2.89 bits per heavy atom. The van der Waals surface area contributed by atoms with E-state index in [0.717, 1.165) is 22.2 Å². The third-order valence-corrected chi connectivity index (χ3v) is 4.74. The molecule has 0 saturated heterocycles. The van der Waals surface area contributed by atoms with Gasteiger partial charge in [0.2, 0.25) is 0 Å². The number of thiazole rings is 1. The highest BCUT2D eigenvalue weighted by atomic mass is 32.1. The fraction of sp³-hybridized carbons (Fsp3) is 0.250. The molecular formula is C20H22N4O3S. The Morgan fingerprint density at radius 2 is 2.11 bits per heavy atom. The first kappa shape index (κ1) is 19.6. The van der Waals surface area contributed by atoms with Gasteiger partial charge in [0.15, 0.2) is 16.6 Å². The number of carbonyl (C=O) groups is 1. The zero-order valence-electron chi connectivity index (χ0n) is 15.8. The molecule has 8 heteroatoms. The van der Waals surface area contributed by atoms with Crippen LogP contribution in [-0.4, -0.2) is 37.4 Å². The summed E-state index contributed by atoms with van der Waals surface area (Å²) in [5.74, 6) is 1.05. The zero-order chi connectivity index (χ0) is 19.8. The first-order valence-corrected chi connectivity index (χ1v) is 9.73. The van der Waals surface area contributed by atoms with Crippen LogP contribution in [0, 0.1) is 0 Å². The summed E-state index contributed by atoms with van der Waals surface area (Å²) in [5.41, 5.74) is 4.21. The standard InChI is InChI=1S/C20H22N4O3S/c1-3-10-27-17-11-14(8-9-16(17)26-2)12-22-24-19(25)13-21-20-23-15-6-4-5-7-18(15)28-20/h4-9,11-12H,3,10,13H2,1-2H3,(H,21,23)(H,24,25)/b22-12-. The predicted molar refractivity (Wildman–Crippen MR) is 113 cm³/mol. The summed E-state index contributed by atoms with van der Waals surface area (Å²) in [6.45, 7) is 2.73. The van der Waals surface area contributed by atoms with E-state index in [0.29, 0.717) is 23.2 Å². The Labute approximate surface area is 167 Å². The summed E-state index contributed by atoms with van der Waals surface area (Å²) < 4.78 is 12.0. The number of nitrogens with one attached hydrogen (secondary N) is 2. The average Bonchev–Trinajstić information content (AvgIpc) is 3.14. The van der Waals surface area contributed by atoms with Gasteiger partial charge in [-0.3, -0.25) is 4.79 Å². The Kier molecular flexibility index (Phi) is 6.80. The van der Waals surface area contributed by atoms with E-state index in [1.54, 1.807) is 13.3 Å². The summed E-state index contributed by atoms with van der Waals surface area (Å²) >= 11 is 1.51. The molecule has 0 bridgehead atoms. The molecule has 1 aromatic heterocycles. The van der Waals surface area contributed by atoms with Crippen LogP contribution in [0.4, 0.5) is 5.13 Å². The minimum atomic E-state index is -0.258. The Bertz CT molecular complexity index is 938. The van der Waals surface area contributed by atoms with Crippen molar-refractivity contribution in [1.82, 2.24) is 10.4 Å². The largest absolute Gasteiger partial charge is 0.493 e. The van der Waals surface area contributed by atoms with E-state index in [-0.39, 0.29) is 12.5 Å². The van der Waals surface area contributed by atoms with E-state index in [4.69, 9.17) is 9.47 Å². The van der Waals surface area contributed by atoms with Gasteiger partial charge in [0, 0.05) is 0 Å². The van der Waals surface area contributed by atoms with Gasteiger partial charge in [0.25, 0.3) is 5.91 Å². The maximum absolute atomic E-state index is 12.0. The smallest absolute Gasteiger partial charge is 0.259 e. The van der Waals surface area contributed by atoms with Crippen molar-refractivity contribution in [1.29, 1.82) is 0 Å². The van der Waals surface area contributed by atoms with Crippen molar-refractivity contribution < 1.29 is 14.3 Å². The average molecular weight is 398 g/mol. The Balaban J connectivity index is 1.52. The molecule has 3 rings (SSSR count). The van der Waals surface area contributed by atoms with Gasteiger partial charge >= 0.3 is 0 Å². The number of benzene rings is 2. The molecule has 1 heterocycles. The van der Waals surface area contributed by atoms with Crippen molar-refractivity contribution in [2.45, 2.75) is 13.3 Å². The van der Waals surface area contributed by atoms with Gasteiger partial charge < -0.3 is 14.8 Å². The second-order valence-corrected chi connectivity index (χ2v) is 6.92. The Morgan fingerprint density at radius 1 is 1.25 bits per heavy atom. The third kappa shape index (κ3) is 5.20. The molecule has 0 aliphatic carbocycles. The second-order valence-electron chi connectivity index (χ2n) is 5.89. The predicted octanol–water partition coefficient (Wildman–Crippen LogP) is 3.66. The van der Waals surface area contributed by atoms with Crippen LogP contribution >= 0.6 is 11.3 Å². The van der Waals surface area contributed by atoms with E-state index < -0.39 is 0 Å². The molecule has 0 radical (unpaired) electrons. The first-order chi connectivity index (χ1) is 13.7. The highest BCUT2D eigenvalue weighted by molar-refractivity contribution is 7.22. The van der Waals surface area contributed by atoms with Crippen molar-refractivity contribution in [3.63, 3.8) is 0 Å². The molecule has 2 N–H and O–H groups in total. The van der Waals surface area contributed by atoms with Crippen LogP contribution in [0.1, 0.15) is 18.9 Å². The number of aromatic nitrogens is 1. The molecule has 0 fully saturated rings. The highest BCUT2D eigenvalue weighted by Crippen LogP contribution is 2.27. The van der Waals surface area contributed by atoms with Crippen molar-refractivity contribution >= 4 is 38.8 Å². The number of hydrazone groups is 1. The molecular weight excluding hydrogens is 376 g/mol. The molecule has 28 heavy (non-hydrogen) atoms. The zero-order valence-corrected chi connectivity index (χ0v) is 16.6. The lowest BCUT2D eigenvalue weighted by Gasteiger charge is -2.10. The molecule has 1 amide bonds. The number of hydrogen-bond donors (Lipinski definition) is 2. The SMILES string of the molecule is CCCOc1cc(/C=N\NC(=O)CNc2nc3ccccc3s2)ccc1OC. The van der Waals surface area contributed by atoms with Crippen LogP contribution in [-0.2, 0) is 4.79 Å². The minimum absolute atomic E-state index is 0.0879. The summed E-state index contributed by atoms with van der Waals surface area (Å²) in [5, 5.41) is 7.71. The van der Waals surface area contributed by atoms with Crippen LogP contribution in [0.5, 0.6) is 11.5 Å². The van der Waals surface area contributed by atoms with E-state index in [1.807, 2.05) is 49.4 Å². The van der Waals surface area contributed by atoms with Gasteiger partial charge in [0.05, 0.1) is 36.7 Å². The fourth-order valence-corrected chi connectivity index (χ4v) is 3.28. The molecule has 0 aliphatic rings. The van der Waals surface area contributed by atoms with E-state index in [1.165, 1.54) is 11.3 Å². The molecule has 0 atom stereocenters. The number of rotatable bonds is 9. The minimum Gasteiger partial charge on any atom is -0.493 e. The molecule has 2 aromatic carbocycles. The lowest BCUT2D eigenvalue weighted by molar-refractivity contribution is -0.119. The van der Waals surface area contributed by atoms with Gasteiger partial charge in [-0.25, -0.2) is 10.4 Å². The number of amides is 1. The van der Waals surface area contributed by atoms with E-state index >= 15 is 0 Å². The number of nitrogens with zero attached hydrogens (tertiary/aromatic N) is 2. The molecule has 3 aromatic rings. The first-order valence-electron chi connectivity index (χ1n) is 8.91. The molecule has 7 nitrogen and oxygen atoms in total. The van der Waals surface area contributed by atoms with Gasteiger partial charge in [-0.1, -0.05) is 30.4 Å². The maximum atomic E-state index is 12.0. The molecule has 0 unspecified atom stereocenters. The third-order valence-electron chi connectivity index (χ3n) is 3.75. The maximum Gasteiger partial charge on any atom is 0.259 e.